The molecule has 1 rings (SSSR count). The number of hydrogen-bond donors (Lipinski definition) is 9. The van der Waals surface area contributed by atoms with Crippen molar-refractivity contribution in [2.45, 2.75) is 69.1 Å². The molecular formula is C21H32N8O9. The monoisotopic (exact) mass is 540 g/mol. The molecule has 0 aliphatic carbocycles. The average molecular weight is 541 g/mol. The molecule has 0 bridgehead atoms. The number of aromatic nitrogens is 2. The summed E-state index contributed by atoms with van der Waals surface area (Å²) in [6.45, 7) is 0. The van der Waals surface area contributed by atoms with Crippen LogP contribution in [-0.2, 0) is 40.0 Å². The van der Waals surface area contributed by atoms with E-state index in [1.54, 1.807) is 0 Å². The van der Waals surface area contributed by atoms with Crippen molar-refractivity contribution in [3.8, 4) is 0 Å². The summed E-state index contributed by atoms with van der Waals surface area (Å²) < 4.78 is 0. The van der Waals surface area contributed by atoms with Crippen molar-refractivity contribution in [1.82, 2.24) is 25.9 Å². The molecule has 0 radical (unpaired) electrons. The molecule has 0 aliphatic heterocycles. The Morgan fingerprint density at radius 3 is 1.84 bits per heavy atom. The van der Waals surface area contributed by atoms with Crippen molar-refractivity contribution in [2.24, 2.45) is 17.2 Å². The van der Waals surface area contributed by atoms with Gasteiger partial charge in [-0.3, -0.25) is 28.8 Å². The summed E-state index contributed by atoms with van der Waals surface area (Å²) in [4.78, 5) is 89.5. The SMILES string of the molecule is NC(=O)CCC(N)C(=O)NC(CCC(=O)O)C(=O)NC(Cc1cnc[nH]1)C(=O)NC(CCC(N)=O)C(=O)O. The van der Waals surface area contributed by atoms with E-state index in [4.69, 9.17) is 22.3 Å². The van der Waals surface area contributed by atoms with Crippen LogP contribution in [0.1, 0.15) is 44.2 Å². The highest BCUT2D eigenvalue weighted by Crippen LogP contribution is 2.06. The molecule has 17 nitrogen and oxygen atoms in total. The molecule has 38 heavy (non-hydrogen) atoms. The zero-order chi connectivity index (χ0) is 28.8. The topological polar surface area (TPSA) is 303 Å². The van der Waals surface area contributed by atoms with E-state index in [0.29, 0.717) is 5.69 Å². The Morgan fingerprint density at radius 1 is 0.789 bits per heavy atom. The zero-order valence-corrected chi connectivity index (χ0v) is 20.3. The molecule has 17 heteroatoms. The molecule has 4 atom stereocenters. The van der Waals surface area contributed by atoms with Gasteiger partial charge in [0, 0.05) is 37.6 Å². The van der Waals surface area contributed by atoms with Gasteiger partial charge in [-0.2, -0.15) is 0 Å². The first kappa shape index (κ1) is 31.5. The average Bonchev–Trinajstić information content (AvgIpc) is 3.34. The summed E-state index contributed by atoms with van der Waals surface area (Å²) in [6.07, 6.45) is 0.630. The van der Waals surface area contributed by atoms with Gasteiger partial charge in [0.25, 0.3) is 0 Å². The van der Waals surface area contributed by atoms with Crippen molar-refractivity contribution < 1.29 is 43.8 Å². The van der Waals surface area contributed by atoms with Gasteiger partial charge in [0.15, 0.2) is 0 Å². The van der Waals surface area contributed by atoms with Crippen LogP contribution in [-0.4, -0.2) is 85.8 Å². The molecular weight excluding hydrogens is 508 g/mol. The number of imidazole rings is 1. The van der Waals surface area contributed by atoms with E-state index in [2.05, 4.69) is 25.9 Å². The van der Waals surface area contributed by atoms with Crippen molar-refractivity contribution in [2.75, 3.05) is 0 Å². The number of H-pyrrole nitrogens is 1. The Bertz CT molecular complexity index is 1010. The summed E-state index contributed by atoms with van der Waals surface area (Å²) >= 11 is 0. The fourth-order valence-corrected chi connectivity index (χ4v) is 3.16. The number of amides is 5. The van der Waals surface area contributed by atoms with E-state index in [-0.39, 0.29) is 38.5 Å². The van der Waals surface area contributed by atoms with E-state index < -0.39 is 72.1 Å². The zero-order valence-electron chi connectivity index (χ0n) is 20.3. The van der Waals surface area contributed by atoms with Crippen LogP contribution in [0.2, 0.25) is 0 Å². The maximum atomic E-state index is 13.0. The Balaban J connectivity index is 3.07. The predicted octanol–water partition coefficient (Wildman–Crippen LogP) is -3.79. The summed E-state index contributed by atoms with van der Waals surface area (Å²) in [5.41, 5.74) is 16.2. The lowest BCUT2D eigenvalue weighted by atomic mass is 10.1. The number of carbonyl (C=O) groups is 7. The van der Waals surface area contributed by atoms with Gasteiger partial charge in [0.05, 0.1) is 12.4 Å². The molecule has 0 spiro atoms. The normalized spacial score (nSPS) is 13.8. The molecule has 1 aromatic rings. The number of primary amides is 2. The standard InChI is InChI=1S/C21H32N8O9/c22-11(1-4-15(23)30)18(34)27-12(3-6-17(32)33)19(35)29-14(7-10-8-25-9-26-10)20(36)28-13(21(37)38)2-5-16(24)31/h8-9,11-14H,1-7,22H2,(H2,23,30)(H2,24,31)(H,25,26)(H,27,34)(H,28,36)(H,29,35)(H,32,33)(H,37,38). The number of hydrogen-bond acceptors (Lipinski definition) is 9. The number of carbonyl (C=O) groups excluding carboxylic acids is 5. The highest BCUT2D eigenvalue weighted by atomic mass is 16.4. The second kappa shape index (κ2) is 15.5. The lowest BCUT2D eigenvalue weighted by molar-refractivity contribution is -0.142. The quantitative estimate of drug-likeness (QED) is 0.0869. The van der Waals surface area contributed by atoms with Gasteiger partial charge in [0.2, 0.25) is 29.5 Å². The van der Waals surface area contributed by atoms with Crippen molar-refractivity contribution in [3.63, 3.8) is 0 Å². The minimum atomic E-state index is -1.50. The fraction of sp³-hybridized carbons (Fsp3) is 0.524. The van der Waals surface area contributed by atoms with Crippen LogP contribution >= 0.6 is 0 Å². The van der Waals surface area contributed by atoms with Crippen LogP contribution in [0.25, 0.3) is 0 Å². The van der Waals surface area contributed by atoms with Gasteiger partial charge in [-0.25, -0.2) is 9.78 Å². The van der Waals surface area contributed by atoms with Crippen LogP contribution < -0.4 is 33.2 Å². The number of nitrogens with two attached hydrogens (primary N) is 3. The largest absolute Gasteiger partial charge is 0.481 e. The third-order valence-corrected chi connectivity index (χ3v) is 5.22. The molecule has 1 aromatic heterocycles. The van der Waals surface area contributed by atoms with Crippen LogP contribution in [0.4, 0.5) is 0 Å². The van der Waals surface area contributed by atoms with E-state index in [1.807, 2.05) is 0 Å². The van der Waals surface area contributed by atoms with Gasteiger partial charge in [-0.05, 0) is 19.3 Å². The molecule has 0 aromatic carbocycles. The molecule has 0 aliphatic rings. The van der Waals surface area contributed by atoms with Gasteiger partial charge in [0.1, 0.15) is 18.1 Å². The van der Waals surface area contributed by atoms with Gasteiger partial charge in [-0.15, -0.1) is 0 Å². The van der Waals surface area contributed by atoms with E-state index in [9.17, 15) is 38.7 Å². The first-order valence-electron chi connectivity index (χ1n) is 11.4. The predicted molar refractivity (Wildman–Crippen MR) is 127 cm³/mol. The number of nitrogens with one attached hydrogen (secondary N) is 4. The molecule has 210 valence electrons. The van der Waals surface area contributed by atoms with Gasteiger partial charge in [-0.1, -0.05) is 0 Å². The number of carboxylic acid groups (broad SMARTS) is 2. The van der Waals surface area contributed by atoms with Crippen LogP contribution in [0.3, 0.4) is 0 Å². The number of nitrogens with zero attached hydrogens (tertiary/aromatic N) is 1. The Kier molecular flexibility index (Phi) is 12.9. The van der Waals surface area contributed by atoms with Gasteiger partial charge < -0.3 is 48.3 Å². The van der Waals surface area contributed by atoms with Crippen LogP contribution in [0.15, 0.2) is 12.5 Å². The molecule has 0 saturated heterocycles. The third kappa shape index (κ3) is 11.9. The Hall–Kier alpha value is -4.54. The first-order valence-corrected chi connectivity index (χ1v) is 11.4. The number of carboxylic acids is 2. The smallest absolute Gasteiger partial charge is 0.326 e. The van der Waals surface area contributed by atoms with Crippen molar-refractivity contribution in [3.05, 3.63) is 18.2 Å². The van der Waals surface area contributed by atoms with E-state index in [1.165, 1.54) is 12.5 Å². The highest BCUT2D eigenvalue weighted by molar-refractivity contribution is 5.94. The number of aromatic amines is 1. The van der Waals surface area contributed by atoms with Crippen molar-refractivity contribution >= 4 is 41.5 Å². The molecule has 1 heterocycles. The van der Waals surface area contributed by atoms with Crippen molar-refractivity contribution in [1.29, 1.82) is 0 Å². The highest BCUT2D eigenvalue weighted by Gasteiger charge is 2.31. The van der Waals surface area contributed by atoms with Gasteiger partial charge >= 0.3 is 11.9 Å². The molecule has 0 saturated carbocycles. The summed E-state index contributed by atoms with van der Waals surface area (Å²) in [6, 6.07) is -5.57. The Labute approximate surface area is 216 Å². The minimum Gasteiger partial charge on any atom is -0.481 e. The van der Waals surface area contributed by atoms with E-state index in [0.717, 1.165) is 0 Å². The minimum absolute atomic E-state index is 0.124. The molecule has 0 fully saturated rings. The Morgan fingerprint density at radius 2 is 1.32 bits per heavy atom. The molecule has 12 N–H and O–H groups in total. The summed E-state index contributed by atoms with van der Waals surface area (Å²) in [5.74, 6) is -6.93. The third-order valence-electron chi connectivity index (χ3n) is 5.22. The summed E-state index contributed by atoms with van der Waals surface area (Å²) in [7, 11) is 0. The number of aliphatic carboxylic acids is 2. The summed E-state index contributed by atoms with van der Waals surface area (Å²) in [5, 5.41) is 25.3. The molecule has 5 amide bonds. The second-order valence-corrected chi connectivity index (χ2v) is 8.35. The van der Waals surface area contributed by atoms with Crippen LogP contribution in [0, 0.1) is 0 Å². The molecule has 4 unspecified atom stereocenters. The van der Waals surface area contributed by atoms with E-state index >= 15 is 0 Å². The first-order chi connectivity index (χ1) is 17.8. The lowest BCUT2D eigenvalue weighted by Gasteiger charge is -2.25. The number of rotatable bonds is 18. The van der Waals surface area contributed by atoms with Crippen LogP contribution in [0.5, 0.6) is 0 Å². The maximum absolute atomic E-state index is 13.0. The fourth-order valence-electron chi connectivity index (χ4n) is 3.16. The second-order valence-electron chi connectivity index (χ2n) is 8.35. The lowest BCUT2D eigenvalue weighted by Crippen LogP contribution is -2.57. The maximum Gasteiger partial charge on any atom is 0.326 e.